The number of alkyl halides is 3. The van der Waals surface area contributed by atoms with E-state index in [9.17, 15) is 33.9 Å². The molecule has 0 saturated heterocycles. The fraction of sp³-hybridized carbons (Fsp3) is 0.270. The van der Waals surface area contributed by atoms with Crippen molar-refractivity contribution in [1.29, 1.82) is 10.5 Å². The number of halogens is 3. The van der Waals surface area contributed by atoms with Gasteiger partial charge in [0.2, 0.25) is 11.3 Å². The van der Waals surface area contributed by atoms with Gasteiger partial charge in [-0.1, -0.05) is 36.4 Å². The van der Waals surface area contributed by atoms with Crippen molar-refractivity contribution in [2.45, 2.75) is 25.3 Å². The van der Waals surface area contributed by atoms with Crippen molar-refractivity contribution in [3.8, 4) is 29.4 Å². The Bertz CT molecular complexity index is 2000. The number of ether oxygens (including phenoxy) is 4. The first-order valence-electron chi connectivity index (χ1n) is 15.6. The van der Waals surface area contributed by atoms with E-state index in [1.54, 1.807) is 12.2 Å². The highest BCUT2D eigenvalue weighted by molar-refractivity contribution is 7.14. The molecule has 0 fully saturated rings. The van der Waals surface area contributed by atoms with Crippen molar-refractivity contribution in [1.82, 2.24) is 0 Å². The molecule has 0 saturated carbocycles. The Morgan fingerprint density at radius 2 is 1.63 bits per heavy atom. The lowest BCUT2D eigenvalue weighted by atomic mass is 9.94. The Balaban J connectivity index is 1.54. The molecule has 262 valence electrons. The molecule has 51 heavy (non-hydrogen) atoms. The lowest BCUT2D eigenvalue weighted by Crippen LogP contribution is -2.43. The van der Waals surface area contributed by atoms with Crippen LogP contribution in [-0.2, 0) is 11.3 Å². The minimum atomic E-state index is -4.99. The summed E-state index contributed by atoms with van der Waals surface area (Å²) in [5, 5.41) is 37.8. The van der Waals surface area contributed by atoms with E-state index in [0.29, 0.717) is 45.7 Å². The summed E-state index contributed by atoms with van der Waals surface area (Å²) in [6.07, 6.45) is 1.04. The number of benzene rings is 2. The summed E-state index contributed by atoms with van der Waals surface area (Å²) in [4.78, 5) is 6.05. The number of aliphatic hydroxyl groups is 2. The quantitative estimate of drug-likeness (QED) is 0.152. The largest absolute Gasteiger partial charge is 0.488 e. The molecule has 5 rings (SSSR count). The van der Waals surface area contributed by atoms with Gasteiger partial charge in [-0.05, 0) is 42.8 Å². The SMILES string of the molecule is [C-]#[N+]C1=C(/C=C/c2sc(/C=C/c3ccc(N(CCO)CCO)cc3OCc3ccccc3)c3c2OCCO3)C(C)(C(F)(F)F)OC1=C(C#N)C#N. The molecule has 0 spiro atoms. The maximum atomic E-state index is 14.4. The number of hydrogen-bond acceptors (Lipinski definition) is 10. The first kappa shape index (κ1) is 36.6. The molecule has 2 N–H and O–H groups in total. The van der Waals surface area contributed by atoms with Crippen LogP contribution in [0, 0.1) is 29.2 Å². The smallest absolute Gasteiger partial charge is 0.430 e. The predicted molar refractivity (Wildman–Crippen MR) is 184 cm³/mol. The third-order valence-corrected chi connectivity index (χ3v) is 9.08. The molecule has 2 aliphatic rings. The normalized spacial score (nSPS) is 16.9. The molecular formula is C37H31F3N4O6S. The van der Waals surface area contributed by atoms with E-state index in [4.69, 9.17) is 25.5 Å². The van der Waals surface area contributed by atoms with Crippen molar-refractivity contribution >= 4 is 35.3 Å². The summed E-state index contributed by atoms with van der Waals surface area (Å²) >= 11 is 1.18. The maximum absolute atomic E-state index is 14.4. The van der Waals surface area contributed by atoms with Gasteiger partial charge in [0.1, 0.15) is 37.7 Å². The fourth-order valence-electron chi connectivity index (χ4n) is 5.38. The molecule has 0 aliphatic carbocycles. The number of nitriles is 2. The van der Waals surface area contributed by atoms with E-state index in [1.165, 1.54) is 29.6 Å². The molecule has 2 aliphatic heterocycles. The Morgan fingerprint density at radius 3 is 2.20 bits per heavy atom. The van der Waals surface area contributed by atoms with Gasteiger partial charge in [-0.3, -0.25) is 0 Å². The van der Waals surface area contributed by atoms with Gasteiger partial charge in [0.05, 0.1) is 29.5 Å². The Kier molecular flexibility index (Phi) is 11.4. The topological polar surface area (TPSA) is 133 Å². The third-order valence-electron chi connectivity index (χ3n) is 8.00. The second-order valence-corrected chi connectivity index (χ2v) is 12.3. The molecule has 1 unspecified atom stereocenters. The molecule has 0 radical (unpaired) electrons. The van der Waals surface area contributed by atoms with Crippen LogP contribution in [0.15, 0.2) is 77.2 Å². The minimum absolute atomic E-state index is 0.109. The predicted octanol–water partition coefficient (Wildman–Crippen LogP) is 6.90. The number of rotatable bonds is 12. The van der Waals surface area contributed by atoms with Crippen LogP contribution in [0.25, 0.3) is 23.1 Å². The van der Waals surface area contributed by atoms with Crippen molar-refractivity contribution in [3.05, 3.63) is 110 Å². The van der Waals surface area contributed by atoms with Crippen molar-refractivity contribution in [2.75, 3.05) is 44.4 Å². The Labute approximate surface area is 296 Å². The molecule has 3 aromatic rings. The summed E-state index contributed by atoms with van der Waals surface area (Å²) < 4.78 is 66.3. The second-order valence-electron chi connectivity index (χ2n) is 11.2. The molecule has 14 heteroatoms. The van der Waals surface area contributed by atoms with Crippen LogP contribution >= 0.6 is 11.3 Å². The van der Waals surface area contributed by atoms with Crippen LogP contribution in [0.4, 0.5) is 18.9 Å². The average Bonchev–Trinajstić information content (AvgIpc) is 3.64. The van der Waals surface area contributed by atoms with Gasteiger partial charge < -0.3 is 34.1 Å². The average molecular weight is 717 g/mol. The van der Waals surface area contributed by atoms with Gasteiger partial charge in [-0.2, -0.15) is 23.7 Å². The maximum Gasteiger partial charge on any atom is 0.430 e. The molecule has 0 amide bonds. The molecule has 2 aromatic carbocycles. The first-order valence-corrected chi connectivity index (χ1v) is 16.4. The van der Waals surface area contributed by atoms with Crippen LogP contribution < -0.4 is 19.1 Å². The van der Waals surface area contributed by atoms with Gasteiger partial charge in [-0.25, -0.2) is 4.85 Å². The van der Waals surface area contributed by atoms with E-state index in [0.717, 1.165) is 24.3 Å². The summed E-state index contributed by atoms with van der Waals surface area (Å²) in [7, 11) is 0. The lowest BCUT2D eigenvalue weighted by Gasteiger charge is -2.29. The van der Waals surface area contributed by atoms with Gasteiger partial charge >= 0.3 is 6.18 Å². The van der Waals surface area contributed by atoms with Crippen LogP contribution in [0.1, 0.15) is 27.8 Å². The minimum Gasteiger partial charge on any atom is -0.488 e. The van der Waals surface area contributed by atoms with Crippen LogP contribution in [0.5, 0.6) is 17.2 Å². The Morgan fingerprint density at radius 1 is 1.00 bits per heavy atom. The molecule has 1 aromatic heterocycles. The van der Waals surface area contributed by atoms with Crippen LogP contribution in [0.2, 0.25) is 0 Å². The third kappa shape index (κ3) is 7.72. The zero-order chi connectivity index (χ0) is 36.6. The molecule has 10 nitrogen and oxygen atoms in total. The van der Waals surface area contributed by atoms with Crippen molar-refractivity contribution < 1.29 is 42.3 Å². The number of thiophene rings is 1. The van der Waals surface area contributed by atoms with Crippen LogP contribution in [-0.4, -0.2) is 61.5 Å². The zero-order valence-electron chi connectivity index (χ0n) is 27.2. The van der Waals surface area contributed by atoms with Crippen molar-refractivity contribution in [3.63, 3.8) is 0 Å². The summed E-state index contributed by atoms with van der Waals surface area (Å²) in [5.41, 5.74) is -2.51. The van der Waals surface area contributed by atoms with E-state index >= 15 is 0 Å². The van der Waals surface area contributed by atoms with Crippen molar-refractivity contribution in [2.24, 2.45) is 0 Å². The van der Waals surface area contributed by atoms with Gasteiger partial charge in [-0.15, -0.1) is 11.3 Å². The van der Waals surface area contributed by atoms with Gasteiger partial charge in [0.25, 0.3) is 0 Å². The molecule has 0 bridgehead atoms. The van der Waals surface area contributed by atoms with Gasteiger partial charge in [0, 0.05) is 36.0 Å². The highest BCUT2D eigenvalue weighted by atomic mass is 32.1. The summed E-state index contributed by atoms with van der Waals surface area (Å²) in [6, 6.07) is 18.1. The summed E-state index contributed by atoms with van der Waals surface area (Å²) in [5.74, 6) is 0.503. The van der Waals surface area contributed by atoms with Gasteiger partial charge in [0.15, 0.2) is 22.8 Å². The number of fused-ring (bicyclic) bond motifs is 1. The Hall–Kier alpha value is -5.72. The highest BCUT2D eigenvalue weighted by Gasteiger charge is 2.60. The van der Waals surface area contributed by atoms with E-state index in [1.807, 2.05) is 53.4 Å². The lowest BCUT2D eigenvalue weighted by molar-refractivity contribution is -0.236. The van der Waals surface area contributed by atoms with E-state index < -0.39 is 34.4 Å². The molecule has 1 atom stereocenters. The molecular weight excluding hydrogens is 685 g/mol. The second kappa shape index (κ2) is 15.9. The standard InChI is InChI=1S/C37H31F3N4O6S/c1-36(37(38,39)40)28(32(43-2)33(50-36)26(21-41)22-42)11-13-31-35-34(47-18-19-48-35)30(51-31)12-9-25-8-10-27(44(14-16-45)15-17-46)20-29(25)49-23-24-6-4-3-5-7-24/h3-13,20,45-46H,14-19,23H2,1H3/b12-9+,13-11+. The zero-order valence-corrected chi connectivity index (χ0v) is 28.1. The van der Waals surface area contributed by atoms with Crippen LogP contribution in [0.3, 0.4) is 0 Å². The monoisotopic (exact) mass is 716 g/mol. The number of anilines is 1. The molecule has 3 heterocycles. The number of hydrogen-bond donors (Lipinski definition) is 2. The summed E-state index contributed by atoms with van der Waals surface area (Å²) in [6.45, 7) is 9.43. The fourth-order valence-corrected chi connectivity index (χ4v) is 6.38. The number of nitrogens with zero attached hydrogens (tertiary/aromatic N) is 4. The highest BCUT2D eigenvalue weighted by Crippen LogP contribution is 2.51. The number of aliphatic hydroxyl groups excluding tert-OH is 2. The number of allylic oxidation sites excluding steroid dienone is 1. The van der Waals surface area contributed by atoms with E-state index in [-0.39, 0.29) is 33.0 Å². The first-order chi connectivity index (χ1) is 24.6. The van der Waals surface area contributed by atoms with E-state index in [2.05, 4.69) is 4.85 Å².